The van der Waals surface area contributed by atoms with Crippen molar-refractivity contribution in [3.8, 4) is 11.5 Å². The van der Waals surface area contributed by atoms with E-state index in [2.05, 4.69) is 127 Å². The number of nitrogens with one attached hydrogen (secondary N) is 2. The molecule has 0 bridgehead atoms. The second-order valence-corrected chi connectivity index (χ2v) is 37.0. The third kappa shape index (κ3) is 23.1. The molecule has 662 valence electrons. The van der Waals surface area contributed by atoms with Crippen LogP contribution in [0.2, 0.25) is 0 Å². The maximum atomic E-state index is 13.5. The quantitative estimate of drug-likeness (QED) is 0.0253. The van der Waals surface area contributed by atoms with Gasteiger partial charge in [0, 0.05) is 93.2 Å². The van der Waals surface area contributed by atoms with Crippen LogP contribution in [-0.4, -0.2) is 89.4 Å². The Morgan fingerprint density at radius 3 is 1.15 bits per heavy atom. The third-order valence-electron chi connectivity index (χ3n) is 24.6. The first-order valence-electron chi connectivity index (χ1n) is 43.5. The molecular formula is C102H111ClF5N7O10S. The SMILES string of the molecule is COc1ccc(CN2Cc3cc(N(Cc4ccc(C5CCCCC5)cc4)C(=O)OC(C)(C)C)ccc3C2=O)cc1.COc1ccc(CN2Cc3cc(NCc4ccc(C5CCCCC5)cc4)ccc3C2=O)cc1.C[C@H](C(=O)Cl)N(C)S(=O)(=O)c1c(F)c(F)c(F)c(F)c1F.Cc1ccc(CN2Cc3cc(NCc4ccc(C5CCCCC5)cc4)ccc3C2=O)cc1. The largest absolute Gasteiger partial charge is 0.497 e. The molecule has 2 N–H and O–H groups in total. The Morgan fingerprint density at radius 1 is 0.460 bits per heavy atom. The number of carbonyl (C=O) groups is 5. The van der Waals surface area contributed by atoms with Gasteiger partial charge in [-0.05, 0) is 248 Å². The number of ether oxygens (including phenoxy) is 3. The number of benzene rings is 10. The molecule has 3 heterocycles. The lowest BCUT2D eigenvalue weighted by molar-refractivity contribution is -0.114. The topological polar surface area (TPSA) is 187 Å². The highest BCUT2D eigenvalue weighted by Gasteiger charge is 2.40. The molecule has 3 saturated carbocycles. The molecule has 6 aliphatic rings. The van der Waals surface area contributed by atoms with Crippen molar-refractivity contribution in [2.45, 2.75) is 224 Å². The smallest absolute Gasteiger partial charge is 0.415 e. The molecule has 126 heavy (non-hydrogen) atoms. The molecule has 17 nitrogen and oxygen atoms in total. The van der Waals surface area contributed by atoms with E-state index in [1.54, 1.807) is 19.1 Å². The van der Waals surface area contributed by atoms with E-state index in [1.807, 2.05) is 126 Å². The molecule has 0 spiro atoms. The number of likely N-dealkylation sites (N-methyl/N-ethyl adjacent to an activating group) is 1. The second-order valence-electron chi connectivity index (χ2n) is 34.7. The van der Waals surface area contributed by atoms with Gasteiger partial charge in [-0.1, -0.05) is 185 Å². The van der Waals surface area contributed by atoms with Gasteiger partial charge in [0.25, 0.3) is 17.7 Å². The Bertz CT molecular complexity index is 5580. The summed E-state index contributed by atoms with van der Waals surface area (Å²) in [5.74, 6) is -8.37. The maximum Gasteiger partial charge on any atom is 0.415 e. The Labute approximate surface area is 741 Å². The van der Waals surface area contributed by atoms with Crippen LogP contribution in [0.4, 0.5) is 43.8 Å². The van der Waals surface area contributed by atoms with Crippen molar-refractivity contribution < 1.29 is 68.6 Å². The average molecular weight is 1760 g/mol. The number of carbonyl (C=O) groups excluding carboxylic acids is 5. The fraction of sp³-hybridized carbons (Fsp3) is 0.363. The maximum absolute atomic E-state index is 13.5. The zero-order chi connectivity index (χ0) is 89.5. The van der Waals surface area contributed by atoms with E-state index in [0.717, 1.165) is 105 Å². The number of anilines is 3. The molecule has 3 aliphatic heterocycles. The van der Waals surface area contributed by atoms with Gasteiger partial charge >= 0.3 is 6.09 Å². The summed E-state index contributed by atoms with van der Waals surface area (Å²) in [5.41, 5.74) is 20.2. The van der Waals surface area contributed by atoms with Crippen LogP contribution < -0.4 is 25.0 Å². The van der Waals surface area contributed by atoms with E-state index in [9.17, 15) is 54.3 Å². The first-order valence-corrected chi connectivity index (χ1v) is 45.3. The van der Waals surface area contributed by atoms with Crippen molar-refractivity contribution in [2.75, 3.05) is 36.8 Å². The van der Waals surface area contributed by atoms with Gasteiger partial charge in [0.15, 0.2) is 28.2 Å². The Kier molecular flexibility index (Phi) is 30.6. The standard InChI is InChI=1S/C34H40N2O4.C29H32N2O2.C29H32N2O.C10H7ClF5NO3S/c1-34(2,3)40-33(38)36(22-25-10-14-27(15-11-25)26-8-6-5-7-9-26)29-16-19-31-28(20-29)23-35(32(31)37)21-24-12-17-30(39-4)18-13-24;1-33-27-14-9-22(10-15-27)19-31-20-25-17-26(13-16-28(25)29(31)32)30-18-21-7-11-24(12-8-21)23-5-3-2-4-6-23;1-21-7-9-23(10-8-21)19-31-20-26-17-27(15-16-28(26)29(31)32)30-18-22-11-13-25(14-12-22)24-5-3-2-4-6-24;1-3(10(11)18)17(2)21(19,20)9-7(15)5(13)4(12)6(14)8(9)16/h10-20,26H,5-9,21-23H2,1-4H3;7-17,23,30H,2-6,18-20H2,1H3;7-17,24,30H,2-6,18-20H2,1H3;3H,1-2H3/t;;;3-/m...1/s1. The number of hydrogen-bond acceptors (Lipinski definition) is 12. The highest BCUT2D eigenvalue weighted by Crippen LogP contribution is 2.39. The summed E-state index contributed by atoms with van der Waals surface area (Å²) in [6.45, 7) is 14.2. The summed E-state index contributed by atoms with van der Waals surface area (Å²) in [6, 6.07) is 67.4. The lowest BCUT2D eigenvalue weighted by Crippen LogP contribution is -2.39. The minimum atomic E-state index is -5.17. The Balaban J connectivity index is 0.000000147. The number of fused-ring (bicyclic) bond motifs is 3. The van der Waals surface area contributed by atoms with Crippen LogP contribution in [0.3, 0.4) is 0 Å². The van der Waals surface area contributed by atoms with Crippen LogP contribution in [0.25, 0.3) is 0 Å². The van der Waals surface area contributed by atoms with Crippen LogP contribution in [-0.2, 0) is 78.5 Å². The van der Waals surface area contributed by atoms with E-state index in [-0.39, 0.29) is 22.0 Å². The van der Waals surface area contributed by atoms with Gasteiger partial charge in [-0.25, -0.2) is 35.2 Å². The van der Waals surface area contributed by atoms with Gasteiger partial charge in [0.2, 0.25) is 21.1 Å². The Hall–Kier alpha value is -11.4. The number of nitrogens with zero attached hydrogens (tertiary/aromatic N) is 5. The highest BCUT2D eigenvalue weighted by molar-refractivity contribution is 7.89. The number of rotatable bonds is 24. The molecule has 24 heteroatoms. The summed E-state index contributed by atoms with van der Waals surface area (Å²) in [4.78, 5) is 68.5. The Morgan fingerprint density at radius 2 is 0.794 bits per heavy atom. The zero-order valence-corrected chi connectivity index (χ0v) is 74.4. The number of amides is 4. The molecule has 3 fully saturated rings. The lowest BCUT2D eigenvalue weighted by Gasteiger charge is -2.28. The highest BCUT2D eigenvalue weighted by atomic mass is 35.5. The minimum absolute atomic E-state index is 0.000474. The van der Waals surface area contributed by atoms with Gasteiger partial charge in [-0.15, -0.1) is 0 Å². The summed E-state index contributed by atoms with van der Waals surface area (Å²) < 4.78 is 106. The summed E-state index contributed by atoms with van der Waals surface area (Å²) in [7, 11) is -1.17. The molecule has 0 saturated heterocycles. The number of aryl methyl sites for hydroxylation is 1. The molecule has 16 rings (SSSR count). The number of halogens is 6. The fourth-order valence-corrected chi connectivity index (χ4v) is 18.8. The molecule has 10 aromatic rings. The van der Waals surface area contributed by atoms with Crippen molar-refractivity contribution in [3.63, 3.8) is 0 Å². The van der Waals surface area contributed by atoms with Gasteiger partial charge in [-0.3, -0.25) is 24.1 Å². The third-order valence-corrected chi connectivity index (χ3v) is 26.9. The normalized spacial score (nSPS) is 15.5. The predicted molar refractivity (Wildman–Crippen MR) is 483 cm³/mol. The van der Waals surface area contributed by atoms with Crippen LogP contribution >= 0.6 is 11.6 Å². The van der Waals surface area contributed by atoms with E-state index < -0.39 is 67.0 Å². The van der Waals surface area contributed by atoms with E-state index in [4.69, 9.17) is 25.8 Å². The lowest BCUT2D eigenvalue weighted by atomic mass is 9.84. The summed E-state index contributed by atoms with van der Waals surface area (Å²) >= 11 is 5.04. The van der Waals surface area contributed by atoms with Crippen molar-refractivity contribution >= 4 is 67.7 Å². The van der Waals surface area contributed by atoms with Crippen LogP contribution in [0, 0.1) is 36.0 Å². The second kappa shape index (κ2) is 41.8. The zero-order valence-electron chi connectivity index (χ0n) is 72.8. The van der Waals surface area contributed by atoms with Crippen molar-refractivity contribution in [1.29, 1.82) is 0 Å². The molecule has 0 aromatic heterocycles. The molecule has 1 atom stereocenters. The molecule has 0 radical (unpaired) electrons. The molecule has 10 aromatic carbocycles. The van der Waals surface area contributed by atoms with E-state index in [0.29, 0.717) is 64.3 Å². The van der Waals surface area contributed by atoms with E-state index >= 15 is 0 Å². The molecular weight excluding hydrogens is 1650 g/mol. The summed E-state index contributed by atoms with van der Waals surface area (Å²) in [5, 5.41) is 5.88. The van der Waals surface area contributed by atoms with Gasteiger partial charge < -0.3 is 39.5 Å². The average Bonchev–Trinajstić information content (AvgIpc) is 1.27. The number of methoxy groups -OCH3 is 2. The molecule has 4 amide bonds. The van der Waals surface area contributed by atoms with Crippen LogP contribution in [0.1, 0.15) is 245 Å². The van der Waals surface area contributed by atoms with Gasteiger partial charge in [0.05, 0.1) is 26.8 Å². The number of hydrogen-bond donors (Lipinski definition) is 2. The number of sulfonamides is 1. The van der Waals surface area contributed by atoms with E-state index in [1.165, 1.54) is 135 Å². The van der Waals surface area contributed by atoms with Crippen molar-refractivity contribution in [3.05, 3.63) is 318 Å². The first kappa shape index (κ1) is 92.3. The predicted octanol–water partition coefficient (Wildman–Crippen LogP) is 23.3. The monoisotopic (exact) mass is 1760 g/mol. The molecule has 3 aliphatic carbocycles. The fourth-order valence-electron chi connectivity index (χ4n) is 17.2. The first-order chi connectivity index (χ1) is 60.5. The van der Waals surface area contributed by atoms with Crippen molar-refractivity contribution in [2.24, 2.45) is 0 Å². The van der Waals surface area contributed by atoms with Gasteiger partial charge in [-0.2, -0.15) is 4.31 Å². The summed E-state index contributed by atoms with van der Waals surface area (Å²) in [6.07, 6.45) is 19.7. The minimum Gasteiger partial charge on any atom is -0.497 e. The van der Waals surface area contributed by atoms with Gasteiger partial charge in [0.1, 0.15) is 17.1 Å². The molecule has 0 unspecified atom stereocenters. The van der Waals surface area contributed by atoms with Crippen LogP contribution in [0.15, 0.2) is 205 Å². The van der Waals surface area contributed by atoms with Crippen molar-refractivity contribution in [1.82, 2.24) is 19.0 Å². The van der Waals surface area contributed by atoms with Crippen LogP contribution in [0.5, 0.6) is 11.5 Å².